The number of aromatic nitrogens is 3. The highest BCUT2D eigenvalue weighted by molar-refractivity contribution is 8.14. The van der Waals surface area contributed by atoms with E-state index in [0.29, 0.717) is 18.2 Å². The zero-order valence-corrected chi connectivity index (χ0v) is 25.2. The Balaban J connectivity index is 1.24. The number of thioether (sulfide) groups is 1. The van der Waals surface area contributed by atoms with Gasteiger partial charge in [0, 0.05) is 23.5 Å². The standard InChI is InChI=1S/C32H32F3N7OS/c1-3-5-24-7-6-22(2)18-29(24)41-16-4-17-44-31(41)38-20-37-28(19-36)23-8-10-25(11-9-23)30-39-21-42(40-30)26-12-14-27(15-13-26)43-32(33,34)35/h6-15,18,21,28,37H,3-5,16-17,20H2,1-2H3/b38-31-. The number of aliphatic imine (C=N–C) groups is 1. The molecule has 1 aliphatic rings. The lowest BCUT2D eigenvalue weighted by Crippen LogP contribution is -2.36. The van der Waals surface area contributed by atoms with E-state index in [1.807, 2.05) is 24.3 Å². The molecule has 1 aromatic heterocycles. The van der Waals surface area contributed by atoms with Crippen LogP contribution in [0.15, 0.2) is 78.0 Å². The second-order valence-electron chi connectivity index (χ2n) is 10.3. The summed E-state index contributed by atoms with van der Waals surface area (Å²) in [7, 11) is 0. The highest BCUT2D eigenvalue weighted by atomic mass is 32.2. The molecule has 0 bridgehead atoms. The minimum atomic E-state index is -4.75. The first-order valence-corrected chi connectivity index (χ1v) is 15.3. The molecular weight excluding hydrogens is 587 g/mol. The summed E-state index contributed by atoms with van der Waals surface area (Å²) in [5.74, 6) is 1.13. The SMILES string of the molecule is CCCc1ccc(C)cc1N1CCCS/C1=N\CNC(C#N)c1ccc(-c2ncn(-c3ccc(OC(F)(F)F)cc3)n2)cc1. The lowest BCUT2D eigenvalue weighted by atomic mass is 10.0. The van der Waals surface area contributed by atoms with Crippen LogP contribution in [0.3, 0.4) is 0 Å². The van der Waals surface area contributed by atoms with Crippen LogP contribution < -0.4 is 15.0 Å². The van der Waals surface area contributed by atoms with E-state index in [1.54, 1.807) is 11.8 Å². The Morgan fingerprint density at radius 1 is 1.11 bits per heavy atom. The third-order valence-corrected chi connectivity index (χ3v) is 8.11. The van der Waals surface area contributed by atoms with Gasteiger partial charge in [0.15, 0.2) is 11.0 Å². The Bertz CT molecular complexity index is 1630. The van der Waals surface area contributed by atoms with Crippen LogP contribution in [0.5, 0.6) is 5.75 Å². The van der Waals surface area contributed by atoms with Crippen molar-refractivity contribution in [3.63, 3.8) is 0 Å². The summed E-state index contributed by atoms with van der Waals surface area (Å²) in [6.45, 7) is 5.51. The number of hydrogen-bond donors (Lipinski definition) is 1. The van der Waals surface area contributed by atoms with Crippen molar-refractivity contribution in [1.29, 1.82) is 5.26 Å². The molecular formula is C32H32F3N7OS. The molecule has 5 rings (SSSR count). The summed E-state index contributed by atoms with van der Waals surface area (Å²) in [5.41, 5.74) is 5.81. The number of ether oxygens (including phenoxy) is 1. The second kappa shape index (κ2) is 14.0. The number of nitriles is 1. The summed E-state index contributed by atoms with van der Waals surface area (Å²) in [6.07, 6.45) is -0.101. The first kappa shape index (κ1) is 31.1. The first-order chi connectivity index (χ1) is 21.2. The van der Waals surface area contributed by atoms with Gasteiger partial charge in [-0.1, -0.05) is 61.5 Å². The molecule has 1 aliphatic heterocycles. The van der Waals surface area contributed by atoms with Crippen LogP contribution in [-0.2, 0) is 6.42 Å². The van der Waals surface area contributed by atoms with Crippen molar-refractivity contribution < 1.29 is 17.9 Å². The van der Waals surface area contributed by atoms with Crippen molar-refractivity contribution in [2.75, 3.05) is 23.9 Å². The molecule has 3 aromatic carbocycles. The number of aryl methyl sites for hydroxylation is 2. The van der Waals surface area contributed by atoms with Crippen LogP contribution in [0.1, 0.15) is 42.5 Å². The predicted molar refractivity (Wildman–Crippen MR) is 167 cm³/mol. The van der Waals surface area contributed by atoms with Gasteiger partial charge in [-0.2, -0.15) is 5.26 Å². The van der Waals surface area contributed by atoms with Crippen LogP contribution in [0, 0.1) is 18.3 Å². The van der Waals surface area contributed by atoms with Gasteiger partial charge in [0.05, 0.1) is 18.4 Å². The van der Waals surface area contributed by atoms with E-state index >= 15 is 0 Å². The molecule has 0 aliphatic carbocycles. The third kappa shape index (κ3) is 7.78. The van der Waals surface area contributed by atoms with Crippen molar-refractivity contribution in [2.24, 2.45) is 4.99 Å². The molecule has 0 spiro atoms. The van der Waals surface area contributed by atoms with Gasteiger partial charge in [0.2, 0.25) is 0 Å². The number of alkyl halides is 3. The van der Waals surface area contributed by atoms with E-state index in [1.165, 1.54) is 52.1 Å². The number of halogens is 3. The molecule has 0 saturated carbocycles. The van der Waals surface area contributed by atoms with Crippen LogP contribution in [-0.4, -0.2) is 45.3 Å². The zero-order valence-electron chi connectivity index (χ0n) is 24.4. The molecule has 8 nitrogen and oxygen atoms in total. The number of benzene rings is 3. The van der Waals surface area contributed by atoms with Crippen molar-refractivity contribution in [1.82, 2.24) is 20.1 Å². The maximum atomic E-state index is 12.4. The Labute approximate surface area is 258 Å². The summed E-state index contributed by atoms with van der Waals surface area (Å²) in [4.78, 5) is 11.5. The molecule has 1 atom stereocenters. The fourth-order valence-electron chi connectivity index (χ4n) is 4.91. The van der Waals surface area contributed by atoms with Crippen LogP contribution >= 0.6 is 11.8 Å². The smallest absolute Gasteiger partial charge is 0.406 e. The maximum Gasteiger partial charge on any atom is 0.573 e. The third-order valence-electron chi connectivity index (χ3n) is 7.01. The van der Waals surface area contributed by atoms with Crippen molar-refractivity contribution >= 4 is 22.6 Å². The lowest BCUT2D eigenvalue weighted by molar-refractivity contribution is -0.274. The first-order valence-electron chi connectivity index (χ1n) is 14.3. The zero-order chi connectivity index (χ0) is 31.1. The molecule has 1 saturated heterocycles. The minimum Gasteiger partial charge on any atom is -0.406 e. The predicted octanol–water partition coefficient (Wildman–Crippen LogP) is 7.21. The van der Waals surface area contributed by atoms with Gasteiger partial charge in [-0.05, 0) is 66.8 Å². The number of rotatable bonds is 10. The lowest BCUT2D eigenvalue weighted by Gasteiger charge is -2.32. The Kier molecular flexibility index (Phi) is 9.87. The normalized spacial score (nSPS) is 15.3. The number of anilines is 1. The monoisotopic (exact) mass is 619 g/mol. The Morgan fingerprint density at radius 3 is 2.59 bits per heavy atom. The average molecular weight is 620 g/mol. The largest absolute Gasteiger partial charge is 0.573 e. The van der Waals surface area contributed by atoms with Crippen LogP contribution in [0.2, 0.25) is 0 Å². The molecule has 2 heterocycles. The van der Waals surface area contributed by atoms with Crippen LogP contribution in [0.25, 0.3) is 17.1 Å². The Morgan fingerprint density at radius 2 is 1.89 bits per heavy atom. The van der Waals surface area contributed by atoms with E-state index in [9.17, 15) is 18.4 Å². The van der Waals surface area contributed by atoms with E-state index in [4.69, 9.17) is 4.99 Å². The fourth-order valence-corrected chi connectivity index (χ4v) is 5.86. The van der Waals surface area contributed by atoms with E-state index < -0.39 is 12.4 Å². The fraction of sp³-hybridized carbons (Fsp3) is 0.312. The second-order valence-corrected chi connectivity index (χ2v) is 11.3. The van der Waals surface area contributed by atoms with Gasteiger partial charge in [-0.15, -0.1) is 18.3 Å². The van der Waals surface area contributed by atoms with Gasteiger partial charge < -0.3 is 9.64 Å². The molecule has 1 unspecified atom stereocenters. The molecule has 1 N–H and O–H groups in total. The highest BCUT2D eigenvalue weighted by Crippen LogP contribution is 2.30. The molecule has 0 amide bonds. The Hall–Kier alpha value is -4.34. The van der Waals surface area contributed by atoms with Crippen molar-refractivity contribution in [3.8, 4) is 28.9 Å². The van der Waals surface area contributed by atoms with Gasteiger partial charge in [0.25, 0.3) is 0 Å². The number of nitrogens with zero attached hydrogens (tertiary/aromatic N) is 6. The van der Waals surface area contributed by atoms with Crippen LogP contribution in [0.4, 0.5) is 18.9 Å². The molecule has 1 fully saturated rings. The maximum absolute atomic E-state index is 12.4. The molecule has 4 aromatic rings. The van der Waals surface area contributed by atoms with E-state index in [0.717, 1.165) is 47.9 Å². The van der Waals surface area contributed by atoms with E-state index in [2.05, 4.69) is 63.2 Å². The van der Waals surface area contributed by atoms with E-state index in [-0.39, 0.29) is 5.75 Å². The quantitative estimate of drug-likeness (QED) is 0.201. The molecule has 44 heavy (non-hydrogen) atoms. The topological polar surface area (TPSA) is 91.4 Å². The number of amidine groups is 1. The highest BCUT2D eigenvalue weighted by Gasteiger charge is 2.31. The summed E-state index contributed by atoms with van der Waals surface area (Å²) in [5, 5.41) is 18.6. The van der Waals surface area contributed by atoms with Gasteiger partial charge in [-0.3, -0.25) is 5.32 Å². The average Bonchev–Trinajstić information content (AvgIpc) is 3.51. The van der Waals surface area contributed by atoms with Gasteiger partial charge in [-0.25, -0.2) is 14.7 Å². The molecule has 12 heteroatoms. The summed E-state index contributed by atoms with van der Waals surface area (Å²) >= 11 is 1.74. The van der Waals surface area contributed by atoms with Crippen molar-refractivity contribution in [2.45, 2.75) is 45.5 Å². The molecule has 228 valence electrons. The summed E-state index contributed by atoms with van der Waals surface area (Å²) < 4.78 is 42.7. The minimum absolute atomic E-state index is 0.298. The van der Waals surface area contributed by atoms with Gasteiger partial charge in [0.1, 0.15) is 18.1 Å². The number of nitrogens with one attached hydrogen (secondary N) is 1. The molecule has 0 radical (unpaired) electrons. The summed E-state index contributed by atoms with van der Waals surface area (Å²) in [6, 6.07) is 21.1. The van der Waals surface area contributed by atoms with Gasteiger partial charge >= 0.3 is 6.36 Å². The van der Waals surface area contributed by atoms with Crippen molar-refractivity contribution in [3.05, 3.63) is 89.7 Å². The number of hydrogen-bond acceptors (Lipinski definition) is 7.